The molecule has 1 atom stereocenters. The maximum atomic E-state index is 9.47. The number of hydrogen-bond donors (Lipinski definition) is 1. The predicted molar refractivity (Wildman–Crippen MR) is 70.4 cm³/mol. The van der Waals surface area contributed by atoms with Crippen molar-refractivity contribution in [3.8, 4) is 0 Å². The van der Waals surface area contributed by atoms with Crippen molar-refractivity contribution < 1.29 is 5.11 Å². The zero-order chi connectivity index (χ0) is 11.1. The van der Waals surface area contributed by atoms with Gasteiger partial charge in [-0.2, -0.15) is 0 Å². The third kappa shape index (κ3) is 2.11. The molecule has 15 heavy (non-hydrogen) atoms. The Balaban J connectivity index is 2.31. The van der Waals surface area contributed by atoms with Crippen molar-refractivity contribution in [2.45, 2.75) is 31.3 Å². The highest BCUT2D eigenvalue weighted by molar-refractivity contribution is 8.21. The third-order valence-corrected chi connectivity index (χ3v) is 6.88. The topological polar surface area (TPSA) is 20.2 Å². The van der Waals surface area contributed by atoms with Crippen LogP contribution in [0.15, 0.2) is 11.6 Å². The third-order valence-electron chi connectivity index (χ3n) is 3.60. The van der Waals surface area contributed by atoms with Crippen LogP contribution in [0.3, 0.4) is 0 Å². The molecule has 1 N–H and O–H groups in total. The van der Waals surface area contributed by atoms with E-state index in [9.17, 15) is 5.11 Å². The van der Waals surface area contributed by atoms with Gasteiger partial charge in [-0.3, -0.25) is 0 Å². The first-order valence-corrected chi connectivity index (χ1v) is 7.54. The van der Waals surface area contributed by atoms with E-state index in [2.05, 4.69) is 50.4 Å². The van der Waals surface area contributed by atoms with Gasteiger partial charge in [-0.15, -0.1) is 23.5 Å². The maximum absolute atomic E-state index is 9.47. The second-order valence-corrected chi connectivity index (χ2v) is 8.41. The number of hydrogen-bond acceptors (Lipinski definition) is 3. The highest BCUT2D eigenvalue weighted by Gasteiger charge is 2.46. The molecule has 0 aromatic rings. The number of aliphatic hydroxyl groups is 1. The van der Waals surface area contributed by atoms with Gasteiger partial charge in [-0.25, -0.2) is 0 Å². The van der Waals surface area contributed by atoms with Crippen LogP contribution in [0.25, 0.3) is 0 Å². The van der Waals surface area contributed by atoms with Crippen LogP contribution in [0.2, 0.25) is 0 Å². The fourth-order valence-corrected chi connectivity index (χ4v) is 6.60. The molecular weight excluding hydrogens is 224 g/mol. The van der Waals surface area contributed by atoms with Crippen LogP contribution in [-0.4, -0.2) is 27.3 Å². The molecule has 1 heterocycles. The monoisotopic (exact) mass is 244 g/mol. The molecule has 0 bridgehead atoms. The first-order chi connectivity index (χ1) is 6.99. The molecule has 1 aliphatic heterocycles. The predicted octanol–water partition coefficient (Wildman–Crippen LogP) is 3.15. The van der Waals surface area contributed by atoms with Gasteiger partial charge in [-0.1, -0.05) is 25.5 Å². The van der Waals surface area contributed by atoms with Crippen LogP contribution >= 0.6 is 23.5 Å². The van der Waals surface area contributed by atoms with Crippen molar-refractivity contribution in [3.63, 3.8) is 0 Å². The van der Waals surface area contributed by atoms with Gasteiger partial charge in [0.25, 0.3) is 0 Å². The quantitative estimate of drug-likeness (QED) is 0.716. The molecule has 86 valence electrons. The van der Waals surface area contributed by atoms with Crippen LogP contribution in [-0.2, 0) is 0 Å². The van der Waals surface area contributed by atoms with E-state index in [1.54, 1.807) is 0 Å². The average Bonchev–Trinajstić information content (AvgIpc) is 2.50. The van der Waals surface area contributed by atoms with Crippen LogP contribution in [0.4, 0.5) is 0 Å². The summed E-state index contributed by atoms with van der Waals surface area (Å²) in [5.74, 6) is 2.90. The van der Waals surface area contributed by atoms with Crippen molar-refractivity contribution in [1.82, 2.24) is 0 Å². The molecule has 1 aliphatic carbocycles. The minimum absolute atomic E-state index is 0.234. The molecule has 1 spiro atoms. The molecule has 1 unspecified atom stereocenters. The SMILES string of the molecule is CC1=CC2(CC(C)(C)C1CO)SCCS2. The lowest BCUT2D eigenvalue weighted by Crippen LogP contribution is -2.39. The summed E-state index contributed by atoms with van der Waals surface area (Å²) in [5, 5.41) is 9.47. The maximum Gasteiger partial charge on any atom is 0.0799 e. The largest absolute Gasteiger partial charge is 0.396 e. The Bertz CT molecular complexity index is 277. The second-order valence-electron chi connectivity index (χ2n) is 5.30. The smallest absolute Gasteiger partial charge is 0.0799 e. The molecule has 0 amide bonds. The zero-order valence-electron chi connectivity index (χ0n) is 9.75. The van der Waals surface area contributed by atoms with E-state index in [0.29, 0.717) is 16.6 Å². The van der Waals surface area contributed by atoms with Crippen LogP contribution in [0.1, 0.15) is 27.2 Å². The Morgan fingerprint density at radius 1 is 1.40 bits per heavy atom. The normalized spacial score (nSPS) is 33.1. The van der Waals surface area contributed by atoms with Gasteiger partial charge in [0.05, 0.1) is 10.7 Å². The Morgan fingerprint density at radius 2 is 2.00 bits per heavy atom. The van der Waals surface area contributed by atoms with Gasteiger partial charge >= 0.3 is 0 Å². The van der Waals surface area contributed by atoms with Gasteiger partial charge < -0.3 is 5.11 Å². The van der Waals surface area contributed by atoms with Crippen LogP contribution in [0.5, 0.6) is 0 Å². The second kappa shape index (κ2) is 4.01. The Labute approximate surface area is 101 Å². The van der Waals surface area contributed by atoms with Gasteiger partial charge in [0.2, 0.25) is 0 Å². The molecule has 3 heteroatoms. The lowest BCUT2D eigenvalue weighted by atomic mass is 9.69. The van der Waals surface area contributed by atoms with Crippen LogP contribution in [0, 0.1) is 11.3 Å². The van der Waals surface area contributed by atoms with Crippen molar-refractivity contribution in [2.75, 3.05) is 18.1 Å². The minimum Gasteiger partial charge on any atom is -0.396 e. The molecule has 2 rings (SSSR count). The van der Waals surface area contributed by atoms with Gasteiger partial charge in [-0.05, 0) is 18.8 Å². The van der Waals surface area contributed by atoms with E-state index in [-0.39, 0.29) is 5.41 Å². The molecule has 0 radical (unpaired) electrons. The standard InChI is InChI=1S/C12H20OS2/c1-9-6-12(14-4-5-15-12)8-11(2,3)10(9)7-13/h6,10,13H,4-5,7-8H2,1-3H3. The lowest BCUT2D eigenvalue weighted by Gasteiger charge is -2.44. The first kappa shape index (κ1) is 11.9. The Morgan fingerprint density at radius 3 is 2.47 bits per heavy atom. The summed E-state index contributed by atoms with van der Waals surface area (Å²) >= 11 is 4.18. The number of aliphatic hydroxyl groups excluding tert-OH is 1. The first-order valence-electron chi connectivity index (χ1n) is 5.57. The molecule has 1 fully saturated rings. The summed E-state index contributed by atoms with van der Waals surface area (Å²) in [5.41, 5.74) is 1.62. The van der Waals surface area contributed by atoms with Gasteiger partial charge in [0.1, 0.15) is 0 Å². The van der Waals surface area contributed by atoms with E-state index in [4.69, 9.17) is 0 Å². The summed E-state index contributed by atoms with van der Waals surface area (Å²) in [6.07, 6.45) is 3.61. The van der Waals surface area contributed by atoms with Gasteiger partial charge in [0, 0.05) is 17.4 Å². The highest BCUT2D eigenvalue weighted by atomic mass is 32.2. The molecule has 0 saturated carbocycles. The van der Waals surface area contributed by atoms with Crippen LogP contribution < -0.4 is 0 Å². The summed E-state index contributed by atoms with van der Waals surface area (Å²) < 4.78 is 0.319. The van der Waals surface area contributed by atoms with E-state index >= 15 is 0 Å². The van der Waals surface area contributed by atoms with E-state index in [1.807, 2.05) is 0 Å². The fraction of sp³-hybridized carbons (Fsp3) is 0.833. The fourth-order valence-electron chi connectivity index (χ4n) is 2.92. The molecule has 2 aliphatic rings. The summed E-state index contributed by atoms with van der Waals surface area (Å²) in [6, 6.07) is 0. The summed E-state index contributed by atoms with van der Waals surface area (Å²) in [7, 11) is 0. The molecule has 0 aromatic carbocycles. The zero-order valence-corrected chi connectivity index (χ0v) is 11.4. The molecule has 1 saturated heterocycles. The van der Waals surface area contributed by atoms with Crippen molar-refractivity contribution in [2.24, 2.45) is 11.3 Å². The highest BCUT2D eigenvalue weighted by Crippen LogP contribution is 2.57. The average molecular weight is 244 g/mol. The number of rotatable bonds is 1. The summed E-state index contributed by atoms with van der Waals surface area (Å²) in [4.78, 5) is 0. The molecular formula is C12H20OS2. The van der Waals surface area contributed by atoms with Crippen molar-refractivity contribution in [1.29, 1.82) is 0 Å². The van der Waals surface area contributed by atoms with Crippen molar-refractivity contribution >= 4 is 23.5 Å². The molecule has 0 aromatic heterocycles. The van der Waals surface area contributed by atoms with E-state index in [0.717, 1.165) is 0 Å². The summed E-state index contributed by atoms with van der Waals surface area (Å²) in [6.45, 7) is 7.07. The minimum atomic E-state index is 0.234. The Kier molecular flexibility index (Phi) is 3.17. The Hall–Kier alpha value is 0.400. The van der Waals surface area contributed by atoms with Crippen molar-refractivity contribution in [3.05, 3.63) is 11.6 Å². The van der Waals surface area contributed by atoms with E-state index < -0.39 is 0 Å². The molecule has 1 nitrogen and oxygen atoms in total. The lowest BCUT2D eigenvalue weighted by molar-refractivity contribution is 0.127. The van der Waals surface area contributed by atoms with E-state index in [1.165, 1.54) is 23.5 Å². The number of thioether (sulfide) groups is 2. The van der Waals surface area contributed by atoms with Gasteiger partial charge in [0.15, 0.2) is 0 Å².